The molecule has 1 atom stereocenters. The summed E-state index contributed by atoms with van der Waals surface area (Å²) in [7, 11) is 0. The van der Waals surface area contributed by atoms with Gasteiger partial charge >= 0.3 is 0 Å². The van der Waals surface area contributed by atoms with E-state index < -0.39 is 5.41 Å². The Balaban J connectivity index is 1.44. The Labute approximate surface area is 194 Å². The predicted molar refractivity (Wildman–Crippen MR) is 127 cm³/mol. The highest BCUT2D eigenvalue weighted by molar-refractivity contribution is 5.96. The molecular formula is C26H29FN4O2. The number of hydrogen-bond donors (Lipinski definition) is 0. The summed E-state index contributed by atoms with van der Waals surface area (Å²) in [5.41, 5.74) is 0.996. The zero-order valence-corrected chi connectivity index (χ0v) is 19.2. The van der Waals surface area contributed by atoms with Crippen LogP contribution in [0.3, 0.4) is 0 Å². The highest BCUT2D eigenvalue weighted by atomic mass is 19.1. The first-order valence-electron chi connectivity index (χ1n) is 11.1. The summed E-state index contributed by atoms with van der Waals surface area (Å²) in [5.74, 6) is 1.15. The number of carbonyl (C=O) groups excluding carboxylic acids is 1. The fourth-order valence-electron chi connectivity index (χ4n) is 3.81. The third-order valence-corrected chi connectivity index (χ3v) is 5.57. The Kier molecular flexibility index (Phi) is 6.58. The normalized spacial score (nSPS) is 16.0. The number of ether oxygens (including phenoxy) is 1. The van der Waals surface area contributed by atoms with Crippen LogP contribution in [0, 0.1) is 11.2 Å². The number of benzene rings is 1. The van der Waals surface area contributed by atoms with Crippen LogP contribution in [0.2, 0.25) is 0 Å². The molecule has 1 fully saturated rings. The number of pyridine rings is 2. The van der Waals surface area contributed by atoms with Gasteiger partial charge in [-0.15, -0.1) is 0 Å². The summed E-state index contributed by atoms with van der Waals surface area (Å²) in [6.45, 7) is 7.60. The minimum absolute atomic E-state index is 0.0350. The molecule has 1 aliphatic heterocycles. The third-order valence-electron chi connectivity index (χ3n) is 5.57. The first kappa shape index (κ1) is 22.7. The van der Waals surface area contributed by atoms with Gasteiger partial charge in [-0.05, 0) is 42.0 Å². The molecule has 0 spiro atoms. The molecule has 3 heterocycles. The van der Waals surface area contributed by atoms with E-state index in [1.54, 1.807) is 29.4 Å². The van der Waals surface area contributed by atoms with Crippen LogP contribution in [0.1, 0.15) is 32.8 Å². The Morgan fingerprint density at radius 1 is 1.12 bits per heavy atom. The van der Waals surface area contributed by atoms with E-state index in [2.05, 4.69) is 14.9 Å². The number of carbonyl (C=O) groups is 1. The summed E-state index contributed by atoms with van der Waals surface area (Å²) >= 11 is 0. The standard InChI is InChI=1S/C26H29FN4O2/c1-26(2,3)25(32)31(21-10-8-20(27)9-11-21)17-19-7-12-23(29-16-19)30-15-13-22(18-30)33-24-6-4-5-14-28-24/h4-12,14,16,22H,13,15,17-18H2,1-3H3/t22-/m0/s1. The molecule has 33 heavy (non-hydrogen) atoms. The molecule has 1 amide bonds. The molecule has 2 aromatic heterocycles. The molecule has 172 valence electrons. The van der Waals surface area contributed by atoms with Crippen LogP contribution in [-0.4, -0.2) is 35.1 Å². The lowest BCUT2D eigenvalue weighted by Crippen LogP contribution is -2.39. The molecule has 6 nitrogen and oxygen atoms in total. The summed E-state index contributed by atoms with van der Waals surface area (Å²) in [6, 6.07) is 15.6. The first-order valence-corrected chi connectivity index (χ1v) is 11.1. The van der Waals surface area contributed by atoms with Gasteiger partial charge in [0.15, 0.2) is 0 Å². The molecule has 3 aromatic rings. The smallest absolute Gasteiger partial charge is 0.232 e. The van der Waals surface area contributed by atoms with E-state index in [-0.39, 0.29) is 17.8 Å². The van der Waals surface area contributed by atoms with Crippen molar-refractivity contribution in [3.8, 4) is 5.88 Å². The van der Waals surface area contributed by atoms with Crippen molar-refractivity contribution in [2.75, 3.05) is 22.9 Å². The van der Waals surface area contributed by atoms with Crippen LogP contribution >= 0.6 is 0 Å². The minimum atomic E-state index is -0.570. The van der Waals surface area contributed by atoms with Crippen molar-refractivity contribution in [1.29, 1.82) is 0 Å². The summed E-state index contributed by atoms with van der Waals surface area (Å²) in [4.78, 5) is 25.8. The van der Waals surface area contributed by atoms with E-state index in [4.69, 9.17) is 4.74 Å². The van der Waals surface area contributed by atoms with Crippen LogP contribution < -0.4 is 14.5 Å². The van der Waals surface area contributed by atoms with E-state index in [0.717, 1.165) is 30.9 Å². The lowest BCUT2D eigenvalue weighted by molar-refractivity contribution is -0.125. The highest BCUT2D eigenvalue weighted by Gasteiger charge is 2.29. The van der Waals surface area contributed by atoms with Crippen molar-refractivity contribution >= 4 is 17.4 Å². The van der Waals surface area contributed by atoms with Crippen molar-refractivity contribution in [3.05, 3.63) is 78.4 Å². The zero-order chi connectivity index (χ0) is 23.4. The van der Waals surface area contributed by atoms with Crippen molar-refractivity contribution in [2.24, 2.45) is 5.41 Å². The fraction of sp³-hybridized carbons (Fsp3) is 0.346. The Hall–Kier alpha value is -3.48. The van der Waals surface area contributed by atoms with Crippen molar-refractivity contribution in [2.45, 2.75) is 39.8 Å². The average molecular weight is 449 g/mol. The van der Waals surface area contributed by atoms with Gasteiger partial charge in [0, 0.05) is 42.5 Å². The lowest BCUT2D eigenvalue weighted by Gasteiger charge is -2.30. The van der Waals surface area contributed by atoms with E-state index >= 15 is 0 Å². The number of halogens is 1. The average Bonchev–Trinajstić information content (AvgIpc) is 3.26. The van der Waals surface area contributed by atoms with Gasteiger partial charge < -0.3 is 14.5 Å². The Morgan fingerprint density at radius 3 is 2.55 bits per heavy atom. The quantitative estimate of drug-likeness (QED) is 0.539. The third kappa shape index (κ3) is 5.66. The van der Waals surface area contributed by atoms with Gasteiger partial charge in [-0.1, -0.05) is 32.9 Å². The highest BCUT2D eigenvalue weighted by Crippen LogP contribution is 2.26. The SMILES string of the molecule is CC(C)(C)C(=O)N(Cc1ccc(N2CC[C@H](Oc3ccccn3)C2)nc1)c1ccc(F)cc1. The van der Waals surface area contributed by atoms with Crippen molar-refractivity contribution in [1.82, 2.24) is 9.97 Å². The molecule has 1 saturated heterocycles. The molecule has 0 N–H and O–H groups in total. The number of rotatable bonds is 6. The van der Waals surface area contributed by atoms with Gasteiger partial charge in [0.2, 0.25) is 11.8 Å². The van der Waals surface area contributed by atoms with Crippen LogP contribution in [0.15, 0.2) is 67.0 Å². The molecule has 4 rings (SSSR count). The van der Waals surface area contributed by atoms with Crippen molar-refractivity contribution < 1.29 is 13.9 Å². The second-order valence-corrected chi connectivity index (χ2v) is 9.28. The number of anilines is 2. The maximum absolute atomic E-state index is 13.4. The number of aromatic nitrogens is 2. The van der Waals surface area contributed by atoms with Gasteiger partial charge in [-0.3, -0.25) is 4.79 Å². The zero-order valence-electron chi connectivity index (χ0n) is 19.2. The molecule has 7 heteroatoms. The minimum Gasteiger partial charge on any atom is -0.472 e. The molecule has 0 aliphatic carbocycles. The maximum atomic E-state index is 13.4. The first-order chi connectivity index (χ1) is 15.8. The summed E-state index contributed by atoms with van der Waals surface area (Å²) in [5, 5.41) is 0. The second-order valence-electron chi connectivity index (χ2n) is 9.28. The monoisotopic (exact) mass is 448 g/mol. The molecule has 0 saturated carbocycles. The lowest BCUT2D eigenvalue weighted by atomic mass is 9.94. The topological polar surface area (TPSA) is 58.6 Å². The molecule has 1 aliphatic rings. The van der Waals surface area contributed by atoms with Gasteiger partial charge in [0.1, 0.15) is 17.7 Å². The number of hydrogen-bond acceptors (Lipinski definition) is 5. The van der Waals surface area contributed by atoms with E-state index in [1.807, 2.05) is 51.1 Å². The van der Waals surface area contributed by atoms with Gasteiger partial charge in [-0.2, -0.15) is 0 Å². The van der Waals surface area contributed by atoms with Gasteiger partial charge in [0.05, 0.1) is 13.1 Å². The van der Waals surface area contributed by atoms with E-state index in [1.165, 1.54) is 12.1 Å². The fourth-order valence-corrected chi connectivity index (χ4v) is 3.81. The van der Waals surface area contributed by atoms with Crippen LogP contribution in [0.5, 0.6) is 5.88 Å². The maximum Gasteiger partial charge on any atom is 0.232 e. The van der Waals surface area contributed by atoms with Gasteiger partial charge in [0.25, 0.3) is 0 Å². The second kappa shape index (κ2) is 9.57. The van der Waals surface area contributed by atoms with Crippen molar-refractivity contribution in [3.63, 3.8) is 0 Å². The van der Waals surface area contributed by atoms with Crippen LogP contribution in [0.4, 0.5) is 15.9 Å². The Morgan fingerprint density at radius 2 is 1.91 bits per heavy atom. The molecule has 0 unspecified atom stereocenters. The molecular weight excluding hydrogens is 419 g/mol. The molecule has 0 bridgehead atoms. The van der Waals surface area contributed by atoms with E-state index in [9.17, 15) is 9.18 Å². The Bertz CT molecular complexity index is 1070. The van der Waals surface area contributed by atoms with Crippen LogP contribution in [-0.2, 0) is 11.3 Å². The molecule has 1 aromatic carbocycles. The predicted octanol–water partition coefficient (Wildman–Crippen LogP) is 4.85. The van der Waals surface area contributed by atoms with Crippen LogP contribution in [0.25, 0.3) is 0 Å². The largest absolute Gasteiger partial charge is 0.472 e. The molecule has 0 radical (unpaired) electrons. The number of nitrogens with zero attached hydrogens (tertiary/aromatic N) is 4. The van der Waals surface area contributed by atoms with E-state index in [0.29, 0.717) is 18.1 Å². The summed E-state index contributed by atoms with van der Waals surface area (Å²) in [6.07, 6.45) is 4.49. The summed E-state index contributed by atoms with van der Waals surface area (Å²) < 4.78 is 19.4. The number of amides is 1. The van der Waals surface area contributed by atoms with Gasteiger partial charge in [-0.25, -0.2) is 14.4 Å².